The summed E-state index contributed by atoms with van der Waals surface area (Å²) in [6, 6.07) is 14.2. The molecule has 0 saturated carbocycles. The normalized spacial score (nSPS) is 16.2. The van der Waals surface area contributed by atoms with Crippen molar-refractivity contribution in [3.63, 3.8) is 0 Å². The number of aryl methyl sites for hydroxylation is 2. The maximum Gasteiger partial charge on any atom is 0.220 e. The predicted octanol–water partition coefficient (Wildman–Crippen LogP) is 3.96. The Labute approximate surface area is 151 Å². The molecule has 1 N–H and O–H groups in total. The number of carbonyl (C=O) groups is 1. The summed E-state index contributed by atoms with van der Waals surface area (Å²) in [5, 5.41) is 9.10. The van der Waals surface area contributed by atoms with Crippen molar-refractivity contribution in [2.45, 2.75) is 31.7 Å². The number of benzene rings is 2. The van der Waals surface area contributed by atoms with E-state index in [4.69, 9.17) is 11.6 Å². The molecule has 0 spiro atoms. The number of aromatic nitrogens is 2. The summed E-state index contributed by atoms with van der Waals surface area (Å²) in [5.74, 6) is 0.382. The molecule has 128 valence electrons. The molecule has 1 atom stereocenters. The molecule has 1 aromatic heterocycles. The van der Waals surface area contributed by atoms with Crippen LogP contribution in [0.3, 0.4) is 0 Å². The molecule has 25 heavy (non-hydrogen) atoms. The van der Waals surface area contributed by atoms with Gasteiger partial charge in [-0.1, -0.05) is 41.9 Å². The van der Waals surface area contributed by atoms with E-state index in [0.29, 0.717) is 23.9 Å². The van der Waals surface area contributed by atoms with Gasteiger partial charge < -0.3 is 5.32 Å². The topological polar surface area (TPSA) is 46.9 Å². The molecule has 3 aromatic rings. The minimum atomic E-state index is 0.0626. The quantitative estimate of drug-likeness (QED) is 0.771. The van der Waals surface area contributed by atoms with Gasteiger partial charge in [0.05, 0.1) is 22.8 Å². The molecular weight excluding hydrogens is 334 g/mol. The van der Waals surface area contributed by atoms with Crippen molar-refractivity contribution in [2.24, 2.45) is 7.05 Å². The van der Waals surface area contributed by atoms with Crippen molar-refractivity contribution in [3.8, 4) is 0 Å². The zero-order valence-corrected chi connectivity index (χ0v) is 14.9. The van der Waals surface area contributed by atoms with Crippen molar-refractivity contribution >= 4 is 28.4 Å². The Kier molecular flexibility index (Phi) is 4.22. The van der Waals surface area contributed by atoms with Crippen LogP contribution in [0.1, 0.15) is 35.6 Å². The van der Waals surface area contributed by atoms with Crippen molar-refractivity contribution in [2.75, 3.05) is 0 Å². The lowest BCUT2D eigenvalue weighted by molar-refractivity contribution is -0.121. The van der Waals surface area contributed by atoms with Gasteiger partial charge in [-0.25, -0.2) is 0 Å². The number of hydrogen-bond acceptors (Lipinski definition) is 2. The van der Waals surface area contributed by atoms with Gasteiger partial charge in [0.1, 0.15) is 0 Å². The molecule has 4 rings (SSSR count). The fourth-order valence-corrected chi connectivity index (χ4v) is 4.09. The maximum absolute atomic E-state index is 12.4. The summed E-state index contributed by atoms with van der Waals surface area (Å²) in [6.45, 7) is 0.397. The number of nitrogens with one attached hydrogen (secondary N) is 1. The maximum atomic E-state index is 12.4. The molecule has 0 radical (unpaired) electrons. The van der Waals surface area contributed by atoms with Crippen LogP contribution in [-0.4, -0.2) is 15.7 Å². The Morgan fingerprint density at radius 1 is 1.28 bits per heavy atom. The van der Waals surface area contributed by atoms with E-state index in [1.807, 2.05) is 25.2 Å². The first-order valence-corrected chi connectivity index (χ1v) is 8.96. The third-order valence-electron chi connectivity index (χ3n) is 5.04. The molecule has 0 unspecified atom stereocenters. The van der Waals surface area contributed by atoms with E-state index >= 15 is 0 Å². The van der Waals surface area contributed by atoms with Gasteiger partial charge in [0, 0.05) is 18.9 Å². The molecule has 1 aliphatic carbocycles. The lowest BCUT2D eigenvalue weighted by Gasteiger charge is -2.11. The van der Waals surface area contributed by atoms with Crippen LogP contribution in [-0.2, 0) is 24.8 Å². The number of amides is 1. The molecule has 0 aliphatic heterocycles. The summed E-state index contributed by atoms with van der Waals surface area (Å²) in [4.78, 5) is 12.4. The van der Waals surface area contributed by atoms with Crippen molar-refractivity contribution in [1.82, 2.24) is 15.1 Å². The van der Waals surface area contributed by atoms with E-state index in [-0.39, 0.29) is 5.91 Å². The Morgan fingerprint density at radius 3 is 3.00 bits per heavy atom. The number of fused-ring (bicyclic) bond motifs is 2. The Balaban J connectivity index is 1.45. The molecule has 4 nitrogen and oxygen atoms in total. The SMILES string of the molecule is Cn1nc(CNC(=O)C[C@@H]2CCc3ccccc32)c2c(Cl)cccc21. The highest BCUT2D eigenvalue weighted by molar-refractivity contribution is 6.35. The van der Waals surface area contributed by atoms with Gasteiger partial charge in [-0.3, -0.25) is 9.48 Å². The smallest absolute Gasteiger partial charge is 0.220 e. The first-order chi connectivity index (χ1) is 12.1. The zero-order valence-electron chi connectivity index (χ0n) is 14.1. The second-order valence-corrected chi connectivity index (χ2v) is 7.03. The van der Waals surface area contributed by atoms with E-state index < -0.39 is 0 Å². The zero-order chi connectivity index (χ0) is 17.4. The minimum absolute atomic E-state index is 0.0626. The molecule has 5 heteroatoms. The van der Waals surface area contributed by atoms with E-state index in [0.717, 1.165) is 29.4 Å². The molecule has 0 saturated heterocycles. The molecule has 1 amide bonds. The van der Waals surface area contributed by atoms with Gasteiger partial charge in [-0.15, -0.1) is 0 Å². The molecular formula is C20H20ClN3O. The number of hydrogen-bond donors (Lipinski definition) is 1. The van der Waals surface area contributed by atoms with Gasteiger partial charge in [-0.2, -0.15) is 5.10 Å². The predicted molar refractivity (Wildman–Crippen MR) is 99.7 cm³/mol. The van der Waals surface area contributed by atoms with E-state index in [2.05, 4.69) is 34.7 Å². The second kappa shape index (κ2) is 6.52. The number of rotatable bonds is 4. The van der Waals surface area contributed by atoms with Crippen LogP contribution in [0.5, 0.6) is 0 Å². The fraction of sp³-hybridized carbons (Fsp3) is 0.300. The third-order valence-corrected chi connectivity index (χ3v) is 5.36. The Bertz CT molecular complexity index is 947. The second-order valence-electron chi connectivity index (χ2n) is 6.62. The first-order valence-electron chi connectivity index (χ1n) is 8.58. The third kappa shape index (κ3) is 3.02. The largest absolute Gasteiger partial charge is 0.350 e. The summed E-state index contributed by atoms with van der Waals surface area (Å²) >= 11 is 6.32. The van der Waals surface area contributed by atoms with Crippen molar-refractivity contribution in [1.29, 1.82) is 0 Å². The molecule has 0 bridgehead atoms. The number of carbonyl (C=O) groups excluding carboxylic acids is 1. The van der Waals surface area contributed by atoms with Crippen LogP contribution >= 0.6 is 11.6 Å². The Hall–Kier alpha value is -2.33. The van der Waals surface area contributed by atoms with Crippen LogP contribution in [0.2, 0.25) is 5.02 Å². The van der Waals surface area contributed by atoms with Crippen LogP contribution in [0, 0.1) is 0 Å². The van der Waals surface area contributed by atoms with Gasteiger partial charge in [0.2, 0.25) is 5.91 Å². The highest BCUT2D eigenvalue weighted by Gasteiger charge is 2.24. The summed E-state index contributed by atoms with van der Waals surface area (Å²) in [7, 11) is 1.89. The summed E-state index contributed by atoms with van der Waals surface area (Å²) in [6.07, 6.45) is 2.63. The van der Waals surface area contributed by atoms with E-state index in [9.17, 15) is 4.79 Å². The van der Waals surface area contributed by atoms with Crippen LogP contribution < -0.4 is 5.32 Å². The summed E-state index contributed by atoms with van der Waals surface area (Å²) < 4.78 is 1.80. The number of halogens is 1. The van der Waals surface area contributed by atoms with Crippen molar-refractivity contribution < 1.29 is 4.79 Å². The first kappa shape index (κ1) is 16.2. The number of nitrogens with zero attached hydrogens (tertiary/aromatic N) is 2. The fourth-order valence-electron chi connectivity index (χ4n) is 3.81. The van der Waals surface area contributed by atoms with Crippen molar-refractivity contribution in [3.05, 3.63) is 64.3 Å². The highest BCUT2D eigenvalue weighted by Crippen LogP contribution is 2.35. The lowest BCUT2D eigenvalue weighted by Crippen LogP contribution is -2.24. The lowest BCUT2D eigenvalue weighted by atomic mass is 9.97. The van der Waals surface area contributed by atoms with Gasteiger partial charge in [0.25, 0.3) is 0 Å². The van der Waals surface area contributed by atoms with Gasteiger partial charge in [0.15, 0.2) is 0 Å². The highest BCUT2D eigenvalue weighted by atomic mass is 35.5. The van der Waals surface area contributed by atoms with Gasteiger partial charge in [-0.05, 0) is 42.0 Å². The molecule has 1 aliphatic rings. The standard InChI is InChI=1S/C20H20ClN3O/c1-24-18-8-4-7-16(21)20(18)17(23-24)12-22-19(25)11-14-10-9-13-5-2-3-6-15(13)14/h2-8,14H,9-12H2,1H3,(H,22,25)/t14-/m0/s1. The average Bonchev–Trinajstić information content (AvgIpc) is 3.16. The monoisotopic (exact) mass is 353 g/mol. The van der Waals surface area contributed by atoms with E-state index in [1.54, 1.807) is 4.68 Å². The van der Waals surface area contributed by atoms with Gasteiger partial charge >= 0.3 is 0 Å². The Morgan fingerprint density at radius 2 is 2.12 bits per heavy atom. The molecule has 1 heterocycles. The van der Waals surface area contributed by atoms with Crippen LogP contribution in [0.15, 0.2) is 42.5 Å². The van der Waals surface area contributed by atoms with Crippen LogP contribution in [0.4, 0.5) is 0 Å². The average molecular weight is 354 g/mol. The minimum Gasteiger partial charge on any atom is -0.350 e. The molecule has 2 aromatic carbocycles. The molecule has 0 fully saturated rings. The van der Waals surface area contributed by atoms with E-state index in [1.165, 1.54) is 11.1 Å². The summed E-state index contributed by atoms with van der Waals surface area (Å²) in [5.41, 5.74) is 4.48. The van der Waals surface area contributed by atoms with Crippen LogP contribution in [0.25, 0.3) is 10.9 Å².